The third kappa shape index (κ3) is 17.7. The first kappa shape index (κ1) is 89.2. The molecule has 27 rings (SSSR count). The van der Waals surface area contributed by atoms with Gasteiger partial charge < -0.3 is 13.7 Å². The molecule has 144 heavy (non-hydrogen) atoms. The van der Waals surface area contributed by atoms with E-state index >= 15 is 0 Å². The smallest absolute Gasteiger partial charge is 0.235 e. The number of halogens is 4. The maximum atomic E-state index is 5.08. The summed E-state index contributed by atoms with van der Waals surface area (Å²) in [5.74, 6) is 0.638. The molecule has 0 saturated carbocycles. The van der Waals surface area contributed by atoms with E-state index in [-0.39, 0.29) is 0 Å². The Hall–Kier alpha value is -17.4. The van der Waals surface area contributed by atoms with Crippen LogP contribution in [0.2, 0.25) is 0 Å². The second-order valence-electron chi connectivity index (χ2n) is 34.5. The molecule has 0 fully saturated rings. The van der Waals surface area contributed by atoms with Crippen LogP contribution in [0.5, 0.6) is 0 Å². The topological polar surface area (TPSA) is 174 Å². The van der Waals surface area contributed by atoms with E-state index in [1.54, 1.807) is 12.4 Å². The lowest BCUT2D eigenvalue weighted by atomic mass is 9.96. The molecule has 16 nitrogen and oxygen atoms in total. The molecule has 0 aliphatic carbocycles. The molecule has 0 N–H and O–H groups in total. The Kier molecular flexibility index (Phi) is 24.4. The van der Waals surface area contributed by atoms with Gasteiger partial charge in [0, 0.05) is 139 Å². The van der Waals surface area contributed by atoms with Gasteiger partial charge in [0.2, 0.25) is 5.95 Å². The number of fused-ring (bicyclic) bond motifs is 13. The van der Waals surface area contributed by atoms with E-state index in [4.69, 9.17) is 19.9 Å². The SMILES string of the molecule is Brc1ccc2c3ncccc3n(-c3ccc(-c4cc(-c5ccccc5)cc(-c5ccccc5)n4)cc3)c2c1.Brc1ccc2c3ncccc3n(-c3ccc(-c4cc(-c5ccccn5)cc(-c5ccccn5)c4)cc3)c2c1.Brc1ccc2c3ncccc3n(-c3ccc(-c4cc(-c5ccccn5)nc(-c5ccccn5)c4)cc3)c2c1.Brc1ccc2c3ncccc3n(-c3nc(-c4ccccc4)c4ccccc4n3)c2c1. The van der Waals surface area contributed by atoms with Crippen molar-refractivity contribution in [1.82, 2.24) is 78.1 Å². The molecule has 15 aromatic heterocycles. The van der Waals surface area contributed by atoms with Crippen molar-refractivity contribution >= 4 is 162 Å². The van der Waals surface area contributed by atoms with Crippen molar-refractivity contribution in [1.29, 1.82) is 0 Å². The molecule has 20 heteroatoms. The molecular formula is C124H78Br4N16. The Morgan fingerprint density at radius 2 is 0.458 bits per heavy atom. The van der Waals surface area contributed by atoms with Crippen LogP contribution in [-0.4, -0.2) is 78.1 Å². The number of hydrogen-bond donors (Lipinski definition) is 0. The maximum Gasteiger partial charge on any atom is 0.235 e. The van der Waals surface area contributed by atoms with E-state index in [0.29, 0.717) is 5.95 Å². The van der Waals surface area contributed by atoms with Crippen molar-refractivity contribution in [2.75, 3.05) is 0 Å². The zero-order chi connectivity index (χ0) is 96.5. The molecule has 15 heterocycles. The fraction of sp³-hybridized carbons (Fsp3) is 0. The first-order valence-corrected chi connectivity index (χ1v) is 50.0. The largest absolute Gasteiger partial charge is 0.308 e. The lowest BCUT2D eigenvalue weighted by molar-refractivity contribution is 1.01. The predicted octanol–water partition coefficient (Wildman–Crippen LogP) is 32.7. The molecule has 0 aliphatic heterocycles. The summed E-state index contributed by atoms with van der Waals surface area (Å²) in [6, 6.07) is 146. The van der Waals surface area contributed by atoms with Crippen molar-refractivity contribution in [2.24, 2.45) is 0 Å². The highest BCUT2D eigenvalue weighted by molar-refractivity contribution is 9.11. The van der Waals surface area contributed by atoms with Crippen molar-refractivity contribution in [3.8, 4) is 135 Å². The zero-order valence-electron chi connectivity index (χ0n) is 76.7. The van der Waals surface area contributed by atoms with Gasteiger partial charge in [-0.25, -0.2) is 19.9 Å². The van der Waals surface area contributed by atoms with Crippen molar-refractivity contribution in [3.63, 3.8) is 0 Å². The fourth-order valence-electron chi connectivity index (χ4n) is 19.0. The van der Waals surface area contributed by atoms with Gasteiger partial charge in [0.15, 0.2) is 0 Å². The van der Waals surface area contributed by atoms with Gasteiger partial charge >= 0.3 is 0 Å². The summed E-state index contributed by atoms with van der Waals surface area (Å²) in [6.45, 7) is 0. The highest BCUT2D eigenvalue weighted by Crippen LogP contribution is 2.43. The maximum absolute atomic E-state index is 5.08. The van der Waals surface area contributed by atoms with E-state index < -0.39 is 0 Å². The lowest BCUT2D eigenvalue weighted by Gasteiger charge is -2.12. The van der Waals surface area contributed by atoms with Crippen LogP contribution in [0.25, 0.3) is 234 Å². The van der Waals surface area contributed by atoms with E-state index in [9.17, 15) is 0 Å². The summed E-state index contributed by atoms with van der Waals surface area (Å²) in [7, 11) is 0. The molecule has 682 valence electrons. The molecule has 0 aliphatic rings. The van der Waals surface area contributed by atoms with Crippen LogP contribution < -0.4 is 0 Å². The van der Waals surface area contributed by atoms with E-state index in [1.165, 1.54) is 5.56 Å². The summed E-state index contributed by atoms with van der Waals surface area (Å²) in [6.07, 6.45) is 14.6. The minimum Gasteiger partial charge on any atom is -0.308 e. The number of pyridine rings is 10. The average Bonchev–Trinajstić information content (AvgIpc) is 1.59. The van der Waals surface area contributed by atoms with Crippen molar-refractivity contribution in [2.45, 2.75) is 0 Å². The highest BCUT2D eigenvalue weighted by Gasteiger charge is 2.24. The van der Waals surface area contributed by atoms with E-state index in [2.05, 4.69) is 395 Å². The van der Waals surface area contributed by atoms with E-state index in [0.717, 1.165) is 240 Å². The molecule has 0 amide bonds. The van der Waals surface area contributed by atoms with Crippen LogP contribution in [0.3, 0.4) is 0 Å². The van der Waals surface area contributed by atoms with Gasteiger partial charge in [-0.3, -0.25) is 44.4 Å². The van der Waals surface area contributed by atoms with Crippen LogP contribution >= 0.6 is 63.7 Å². The second-order valence-corrected chi connectivity index (χ2v) is 38.2. The van der Waals surface area contributed by atoms with Gasteiger partial charge in [0.1, 0.15) is 0 Å². The summed E-state index contributed by atoms with van der Waals surface area (Å²) in [4.78, 5) is 56.9. The van der Waals surface area contributed by atoms with Gasteiger partial charge in [-0.1, -0.05) is 234 Å². The molecule has 12 aromatic carbocycles. The zero-order valence-corrected chi connectivity index (χ0v) is 83.0. The van der Waals surface area contributed by atoms with Gasteiger partial charge in [0.25, 0.3) is 0 Å². The van der Waals surface area contributed by atoms with Crippen LogP contribution in [0, 0.1) is 0 Å². The summed E-state index contributed by atoms with van der Waals surface area (Å²) in [5.41, 5.74) is 36.8. The van der Waals surface area contributed by atoms with Crippen LogP contribution in [0.15, 0.2) is 492 Å². The highest BCUT2D eigenvalue weighted by atomic mass is 79.9. The quantitative estimate of drug-likeness (QED) is 0.101. The molecule has 0 radical (unpaired) electrons. The van der Waals surface area contributed by atoms with Gasteiger partial charge in [-0.15, -0.1) is 0 Å². The van der Waals surface area contributed by atoms with Gasteiger partial charge in [0.05, 0.1) is 123 Å². The van der Waals surface area contributed by atoms with Gasteiger partial charge in [-0.05, 0) is 288 Å². The first-order chi connectivity index (χ1) is 71.0. The summed E-state index contributed by atoms with van der Waals surface area (Å²) >= 11 is 14.5. The lowest BCUT2D eigenvalue weighted by Crippen LogP contribution is -2.03. The van der Waals surface area contributed by atoms with Gasteiger partial charge in [-0.2, -0.15) is 0 Å². The minimum absolute atomic E-state index is 0.638. The Morgan fingerprint density at radius 3 is 0.854 bits per heavy atom. The molecule has 0 spiro atoms. The molecule has 0 bridgehead atoms. The summed E-state index contributed by atoms with van der Waals surface area (Å²) in [5, 5.41) is 5.51. The predicted molar refractivity (Wildman–Crippen MR) is 599 cm³/mol. The van der Waals surface area contributed by atoms with Crippen LogP contribution in [0.4, 0.5) is 0 Å². The van der Waals surface area contributed by atoms with Crippen molar-refractivity contribution in [3.05, 3.63) is 492 Å². The third-order valence-corrected chi connectivity index (χ3v) is 27.6. The molecule has 27 aromatic rings. The average molecular weight is 2110 g/mol. The minimum atomic E-state index is 0.638. The third-order valence-electron chi connectivity index (χ3n) is 25.6. The van der Waals surface area contributed by atoms with Crippen LogP contribution in [-0.2, 0) is 0 Å². The molecule has 0 saturated heterocycles. The number of aromatic nitrogens is 16. The monoisotopic (exact) mass is 2110 g/mol. The molecule has 0 unspecified atom stereocenters. The molecular weight excluding hydrogens is 2030 g/mol. The normalized spacial score (nSPS) is 11.3. The number of benzene rings is 12. The number of hydrogen-bond acceptors (Lipinski definition) is 12. The Bertz CT molecular complexity index is 8620. The number of nitrogens with zero attached hydrogens (tertiary/aromatic N) is 16. The Morgan fingerprint density at radius 1 is 0.160 bits per heavy atom. The Labute approximate surface area is 860 Å². The summed E-state index contributed by atoms with van der Waals surface area (Å²) < 4.78 is 13.0. The fourth-order valence-corrected chi connectivity index (χ4v) is 20.4. The van der Waals surface area contributed by atoms with Crippen LogP contribution in [0.1, 0.15) is 0 Å². The van der Waals surface area contributed by atoms with E-state index in [1.807, 2.05) is 189 Å². The standard InChI is InChI=1S/C34H22BrN3.C33H21BrN4.C32H20BrN5.C25H15BrN4/c35-27-15-18-29-33(22-27)38(32-12-7-19-36-34(29)32)28-16-13-25(14-17-28)31-21-26(23-8-3-1-4-9-23)20-30(37-31)24-10-5-2-6-11-24;34-26-11-14-28-32(21-26)38(31-8-5-17-37-33(28)31)27-12-9-22(10-13-27)23-18-24(29-6-1-3-15-35-29)20-25(19-23)30-7-2-4-16-36-30;33-23-11-14-25-31(20-23)38(30-8-5-17-36-32(25)30)24-12-9-21(10-13-24)22-18-28(26-6-1-3-15-34-26)37-29(19-22)27-7-2-4-16-35-27;26-17-12-13-19-22(15-17)30(21-11-6-14-27-24(19)21)25-28-20-10-5-4-9-18(20)23(29-25)16-7-2-1-3-8-16/h1-22H;1-21H;1-20H;1-15H. The Balaban J connectivity index is 0.000000104. The molecule has 0 atom stereocenters. The number of para-hydroxylation sites is 1. The second kappa shape index (κ2) is 39.4. The number of rotatable bonds is 14. The first-order valence-electron chi connectivity index (χ1n) is 46.8. The van der Waals surface area contributed by atoms with Crippen molar-refractivity contribution < 1.29 is 0 Å².